The minimum Gasteiger partial charge on any atom is -0.472 e. The number of aromatic nitrogens is 2. The van der Waals surface area contributed by atoms with Gasteiger partial charge in [0.25, 0.3) is 5.91 Å². The molecule has 0 saturated carbocycles. The van der Waals surface area contributed by atoms with Crippen molar-refractivity contribution in [1.82, 2.24) is 14.9 Å². The molecule has 1 aliphatic rings. The first-order valence-corrected chi connectivity index (χ1v) is 8.75. The largest absolute Gasteiger partial charge is 0.472 e. The van der Waals surface area contributed by atoms with Crippen LogP contribution in [-0.4, -0.2) is 40.0 Å². The van der Waals surface area contributed by atoms with Crippen LogP contribution >= 0.6 is 11.3 Å². The number of nitrogens with zero attached hydrogens (tertiary/aromatic N) is 3. The Morgan fingerprint density at radius 1 is 1.33 bits per heavy atom. The van der Waals surface area contributed by atoms with Crippen molar-refractivity contribution in [3.63, 3.8) is 0 Å². The number of ether oxygens (including phenoxy) is 1. The smallest absolute Gasteiger partial charge is 0.264 e. The van der Waals surface area contributed by atoms with E-state index in [0.717, 1.165) is 21.4 Å². The number of rotatable bonds is 3. The number of hydrogen-bond donors (Lipinski definition) is 0. The molecule has 0 spiro atoms. The number of thiophene rings is 1. The highest BCUT2D eigenvalue weighted by atomic mass is 32.1. The number of likely N-dealkylation sites (tertiary alicyclic amines) is 1. The van der Waals surface area contributed by atoms with E-state index in [1.165, 1.54) is 0 Å². The Morgan fingerprint density at radius 2 is 2.21 bits per heavy atom. The Labute approximate surface area is 143 Å². The topological polar surface area (TPSA) is 55.3 Å². The van der Waals surface area contributed by atoms with Crippen molar-refractivity contribution in [1.29, 1.82) is 0 Å². The number of benzene rings is 1. The van der Waals surface area contributed by atoms with Crippen LogP contribution in [0.1, 0.15) is 21.9 Å². The monoisotopic (exact) mass is 339 g/mol. The summed E-state index contributed by atoms with van der Waals surface area (Å²) < 4.78 is 7.03. The maximum Gasteiger partial charge on any atom is 0.264 e. The second-order valence-electron chi connectivity index (χ2n) is 5.87. The molecule has 3 aromatic rings. The summed E-state index contributed by atoms with van der Waals surface area (Å²) in [6.07, 6.45) is 2.49. The molecule has 1 atom stereocenters. The first kappa shape index (κ1) is 15.1. The van der Waals surface area contributed by atoms with Crippen LogP contribution in [0.2, 0.25) is 0 Å². The molecule has 6 heteroatoms. The summed E-state index contributed by atoms with van der Waals surface area (Å²) in [6.45, 7) is 3.14. The van der Waals surface area contributed by atoms with Gasteiger partial charge >= 0.3 is 0 Å². The van der Waals surface area contributed by atoms with Crippen LogP contribution in [0.15, 0.2) is 42.6 Å². The maximum atomic E-state index is 12.7. The molecule has 0 aliphatic carbocycles. The van der Waals surface area contributed by atoms with Gasteiger partial charge in [-0.25, -0.2) is 4.98 Å². The molecule has 1 saturated heterocycles. The third-order valence-corrected chi connectivity index (χ3v) is 5.21. The summed E-state index contributed by atoms with van der Waals surface area (Å²) in [5, 5.41) is 1.12. The molecule has 1 aliphatic heterocycles. The van der Waals surface area contributed by atoms with E-state index in [2.05, 4.69) is 9.97 Å². The summed E-state index contributed by atoms with van der Waals surface area (Å²) in [5.41, 5.74) is 0. The van der Waals surface area contributed by atoms with Crippen molar-refractivity contribution < 1.29 is 9.53 Å². The molecule has 1 amide bonds. The van der Waals surface area contributed by atoms with E-state index >= 15 is 0 Å². The Hall–Kier alpha value is -2.47. The van der Waals surface area contributed by atoms with Crippen LogP contribution < -0.4 is 4.74 Å². The fourth-order valence-corrected chi connectivity index (χ4v) is 3.95. The highest BCUT2D eigenvalue weighted by Crippen LogP contribution is 2.27. The first-order valence-electron chi connectivity index (χ1n) is 7.93. The van der Waals surface area contributed by atoms with Gasteiger partial charge in [-0.05, 0) is 24.4 Å². The van der Waals surface area contributed by atoms with Gasteiger partial charge in [-0.3, -0.25) is 4.79 Å². The van der Waals surface area contributed by atoms with Crippen molar-refractivity contribution in [3.05, 3.63) is 53.3 Å². The summed E-state index contributed by atoms with van der Waals surface area (Å²) in [7, 11) is 0. The molecule has 0 bridgehead atoms. The summed E-state index contributed by atoms with van der Waals surface area (Å²) in [6, 6.07) is 11.8. The predicted molar refractivity (Wildman–Crippen MR) is 93.5 cm³/mol. The van der Waals surface area contributed by atoms with Gasteiger partial charge in [0.2, 0.25) is 5.88 Å². The predicted octanol–water partition coefficient (Wildman–Crippen LogP) is 3.29. The third-order valence-electron chi connectivity index (χ3n) is 4.11. The molecule has 0 radical (unpaired) electrons. The van der Waals surface area contributed by atoms with Gasteiger partial charge in [-0.1, -0.05) is 18.2 Å². The molecule has 4 rings (SSSR count). The number of aryl methyl sites for hydroxylation is 1. The van der Waals surface area contributed by atoms with E-state index in [4.69, 9.17) is 4.74 Å². The fourth-order valence-electron chi connectivity index (χ4n) is 2.92. The van der Waals surface area contributed by atoms with Gasteiger partial charge in [-0.2, -0.15) is 4.98 Å². The molecule has 24 heavy (non-hydrogen) atoms. The minimum atomic E-state index is -0.0161. The molecule has 122 valence electrons. The summed E-state index contributed by atoms with van der Waals surface area (Å²) in [5.74, 6) is 1.34. The zero-order chi connectivity index (χ0) is 16.5. The standard InChI is InChI=1S/C18H17N3O2S/c1-12-19-8-6-17(20-12)23-14-7-9-21(11-14)18(22)16-10-13-4-2-3-5-15(13)24-16/h2-6,8,10,14H,7,9,11H2,1H3/t14-/m1/s1. The van der Waals surface area contributed by atoms with Gasteiger partial charge in [0.05, 0.1) is 11.4 Å². The highest BCUT2D eigenvalue weighted by Gasteiger charge is 2.29. The van der Waals surface area contributed by atoms with Crippen LogP contribution in [0.5, 0.6) is 5.88 Å². The second kappa shape index (κ2) is 6.20. The number of carbonyl (C=O) groups is 1. The Kier molecular flexibility index (Phi) is 3.90. The number of amides is 1. The zero-order valence-corrected chi connectivity index (χ0v) is 14.1. The summed E-state index contributed by atoms with van der Waals surface area (Å²) >= 11 is 1.55. The lowest BCUT2D eigenvalue weighted by atomic mass is 10.2. The van der Waals surface area contributed by atoms with E-state index in [0.29, 0.717) is 24.8 Å². The zero-order valence-electron chi connectivity index (χ0n) is 13.3. The molecule has 1 fully saturated rings. The molecule has 1 aromatic carbocycles. The van der Waals surface area contributed by atoms with E-state index < -0.39 is 0 Å². The molecular formula is C18H17N3O2S. The molecule has 0 N–H and O–H groups in total. The van der Waals surface area contributed by atoms with Crippen molar-refractivity contribution in [3.8, 4) is 5.88 Å². The van der Waals surface area contributed by atoms with Gasteiger partial charge in [0.1, 0.15) is 11.9 Å². The first-order chi connectivity index (χ1) is 11.7. The molecule has 0 unspecified atom stereocenters. The molecule has 3 heterocycles. The van der Waals surface area contributed by atoms with E-state index in [-0.39, 0.29) is 12.0 Å². The minimum absolute atomic E-state index is 0.0161. The Balaban J connectivity index is 1.45. The van der Waals surface area contributed by atoms with Gasteiger partial charge in [-0.15, -0.1) is 11.3 Å². The van der Waals surface area contributed by atoms with Crippen LogP contribution in [0.4, 0.5) is 0 Å². The molecule has 2 aromatic heterocycles. The van der Waals surface area contributed by atoms with Crippen LogP contribution in [-0.2, 0) is 0 Å². The number of hydrogen-bond acceptors (Lipinski definition) is 5. The van der Waals surface area contributed by atoms with Crippen molar-refractivity contribution in [2.75, 3.05) is 13.1 Å². The lowest BCUT2D eigenvalue weighted by molar-refractivity contribution is 0.0776. The lowest BCUT2D eigenvalue weighted by Crippen LogP contribution is -2.30. The van der Waals surface area contributed by atoms with Crippen LogP contribution in [0, 0.1) is 6.92 Å². The SMILES string of the molecule is Cc1nccc(O[C@@H]2CCN(C(=O)c3cc4ccccc4s3)C2)n1. The quantitative estimate of drug-likeness (QED) is 0.735. The molecule has 5 nitrogen and oxygen atoms in total. The van der Waals surface area contributed by atoms with Gasteiger partial charge < -0.3 is 9.64 Å². The normalized spacial score (nSPS) is 17.4. The van der Waals surface area contributed by atoms with E-state index in [1.54, 1.807) is 23.6 Å². The summed E-state index contributed by atoms with van der Waals surface area (Å²) in [4.78, 5) is 23.7. The highest BCUT2D eigenvalue weighted by molar-refractivity contribution is 7.20. The third kappa shape index (κ3) is 2.97. The second-order valence-corrected chi connectivity index (χ2v) is 6.95. The Morgan fingerprint density at radius 3 is 3.04 bits per heavy atom. The molecular weight excluding hydrogens is 322 g/mol. The fraction of sp³-hybridized carbons (Fsp3) is 0.278. The van der Waals surface area contributed by atoms with E-state index in [1.807, 2.05) is 42.2 Å². The van der Waals surface area contributed by atoms with Gasteiger partial charge in [0.15, 0.2) is 0 Å². The lowest BCUT2D eigenvalue weighted by Gasteiger charge is -2.16. The van der Waals surface area contributed by atoms with Gasteiger partial charge in [0, 0.05) is 29.9 Å². The van der Waals surface area contributed by atoms with Crippen LogP contribution in [0.3, 0.4) is 0 Å². The Bertz CT molecular complexity index is 860. The van der Waals surface area contributed by atoms with Crippen molar-refractivity contribution in [2.24, 2.45) is 0 Å². The number of carbonyl (C=O) groups excluding carboxylic acids is 1. The average Bonchev–Trinajstić information content (AvgIpc) is 3.20. The van der Waals surface area contributed by atoms with Crippen molar-refractivity contribution in [2.45, 2.75) is 19.4 Å². The average molecular weight is 339 g/mol. The maximum absolute atomic E-state index is 12.7. The van der Waals surface area contributed by atoms with E-state index in [9.17, 15) is 4.79 Å². The number of fused-ring (bicyclic) bond motifs is 1. The van der Waals surface area contributed by atoms with Crippen molar-refractivity contribution >= 4 is 27.3 Å². The van der Waals surface area contributed by atoms with Crippen LogP contribution in [0.25, 0.3) is 10.1 Å².